The van der Waals surface area contributed by atoms with Crippen LogP contribution < -0.4 is 31.1 Å². The molecule has 0 atom stereocenters. The van der Waals surface area contributed by atoms with Crippen molar-refractivity contribution in [2.24, 2.45) is 0 Å². The van der Waals surface area contributed by atoms with E-state index in [1.54, 1.807) is 0 Å². The maximum Gasteiger partial charge on any atom is 0.252 e. The van der Waals surface area contributed by atoms with Gasteiger partial charge in [-0.2, -0.15) is 0 Å². The van der Waals surface area contributed by atoms with E-state index in [9.17, 15) is 0 Å². The van der Waals surface area contributed by atoms with E-state index in [4.69, 9.17) is 0 Å². The zero-order valence-electron chi connectivity index (χ0n) is 46.4. The van der Waals surface area contributed by atoms with Gasteiger partial charge in [0.05, 0.1) is 0 Å². The molecule has 0 saturated heterocycles. The Morgan fingerprint density at radius 1 is 0.411 bits per heavy atom. The molecule has 0 amide bonds. The van der Waals surface area contributed by atoms with Crippen molar-refractivity contribution >= 4 is 74.3 Å². The number of anilines is 9. The highest BCUT2D eigenvalue weighted by atomic mass is 15.2. The lowest BCUT2D eigenvalue weighted by molar-refractivity contribution is 0.589. The molecule has 3 nitrogen and oxygen atoms in total. The molecule has 0 bridgehead atoms. The van der Waals surface area contributed by atoms with Gasteiger partial charge in [0.25, 0.3) is 6.71 Å². The van der Waals surface area contributed by atoms with Crippen molar-refractivity contribution in [1.82, 2.24) is 0 Å². The van der Waals surface area contributed by atoms with Crippen LogP contribution in [0.15, 0.2) is 158 Å². The average molecular weight is 956 g/mol. The quantitative estimate of drug-likeness (QED) is 0.159. The molecule has 8 aromatic rings. The van der Waals surface area contributed by atoms with Crippen LogP contribution in [0.1, 0.15) is 141 Å². The lowest BCUT2D eigenvalue weighted by Crippen LogP contribution is -2.61. The topological polar surface area (TPSA) is 9.72 Å². The Bertz CT molecular complexity index is 3490. The molecule has 2 heterocycles. The normalized spacial score (nSPS) is 14.6. The van der Waals surface area contributed by atoms with Crippen LogP contribution in [0.2, 0.25) is 0 Å². The number of aryl methyl sites for hydroxylation is 2. The largest absolute Gasteiger partial charge is 0.311 e. The van der Waals surface area contributed by atoms with E-state index >= 15 is 0 Å². The predicted octanol–water partition coefficient (Wildman–Crippen LogP) is 17.4. The summed E-state index contributed by atoms with van der Waals surface area (Å²) in [6.45, 7) is 37.1. The molecule has 0 saturated carbocycles. The van der Waals surface area contributed by atoms with E-state index in [1.165, 1.54) is 106 Å². The first-order chi connectivity index (χ1) is 34.3. The van der Waals surface area contributed by atoms with Crippen LogP contribution in [-0.4, -0.2) is 6.71 Å². The Morgan fingerprint density at radius 2 is 0.932 bits per heavy atom. The van der Waals surface area contributed by atoms with Crippen molar-refractivity contribution in [1.29, 1.82) is 0 Å². The van der Waals surface area contributed by atoms with Gasteiger partial charge in [0.15, 0.2) is 0 Å². The first-order valence-corrected chi connectivity index (χ1v) is 26.7. The van der Waals surface area contributed by atoms with Crippen molar-refractivity contribution in [3.05, 3.63) is 202 Å². The first kappa shape index (κ1) is 48.5. The Kier molecular flexibility index (Phi) is 11.0. The molecule has 8 aromatic carbocycles. The molecule has 1 aliphatic carbocycles. The van der Waals surface area contributed by atoms with E-state index in [0.29, 0.717) is 0 Å². The molecule has 0 N–H and O–H groups in total. The molecule has 0 unspecified atom stereocenters. The third kappa shape index (κ3) is 8.03. The Balaban J connectivity index is 1.21. The summed E-state index contributed by atoms with van der Waals surface area (Å²) < 4.78 is 0. The fourth-order valence-electron chi connectivity index (χ4n) is 12.2. The molecule has 0 spiro atoms. The van der Waals surface area contributed by atoms with Crippen molar-refractivity contribution < 1.29 is 0 Å². The summed E-state index contributed by atoms with van der Waals surface area (Å²) >= 11 is 0. The van der Waals surface area contributed by atoms with Gasteiger partial charge in [-0.25, -0.2) is 0 Å². The lowest BCUT2D eigenvalue weighted by atomic mass is 9.33. The van der Waals surface area contributed by atoms with Gasteiger partial charge < -0.3 is 14.7 Å². The Hall–Kier alpha value is -6.78. The number of fused-ring (bicyclic) bond motifs is 7. The van der Waals surface area contributed by atoms with Gasteiger partial charge in [-0.3, -0.25) is 0 Å². The van der Waals surface area contributed by atoms with Crippen LogP contribution in [0.25, 0.3) is 11.1 Å². The van der Waals surface area contributed by atoms with Gasteiger partial charge >= 0.3 is 0 Å². The zero-order chi connectivity index (χ0) is 51.9. The van der Waals surface area contributed by atoms with Crippen LogP contribution >= 0.6 is 0 Å². The van der Waals surface area contributed by atoms with E-state index < -0.39 is 0 Å². The molecule has 2 aliphatic heterocycles. The summed E-state index contributed by atoms with van der Waals surface area (Å²) in [6, 6.07) is 61.7. The maximum atomic E-state index is 2.62. The molecular weight excluding hydrogens is 882 g/mol. The van der Waals surface area contributed by atoms with Gasteiger partial charge in [-0.05, 0) is 180 Å². The van der Waals surface area contributed by atoms with Crippen molar-refractivity contribution in [2.75, 3.05) is 14.7 Å². The first-order valence-electron chi connectivity index (χ1n) is 26.7. The predicted molar refractivity (Wildman–Crippen MR) is 317 cm³/mol. The zero-order valence-corrected chi connectivity index (χ0v) is 46.4. The molecule has 368 valence electrons. The third-order valence-electron chi connectivity index (χ3n) is 16.4. The van der Waals surface area contributed by atoms with Crippen LogP contribution in [0, 0.1) is 13.8 Å². The average Bonchev–Trinajstić information content (AvgIpc) is 3.55. The maximum absolute atomic E-state index is 2.62. The van der Waals surface area contributed by atoms with Gasteiger partial charge in [-0.15, -0.1) is 0 Å². The highest BCUT2D eigenvalue weighted by Crippen LogP contribution is 2.53. The highest BCUT2D eigenvalue weighted by Gasteiger charge is 2.45. The SMILES string of the molecule is Cc1cc2c3c(c1)N(c1ccc4c(c1)-c1ccccc1C4(C)C)c1cc(N(c4ccc(C(C)(C)C)cc4)c4ccc(C(C)(C)C)cc4C)ccc1B3c1cc(C(C)(C)C)ccc1N2c1ccc(C(C)(C)C)cc1. The van der Waals surface area contributed by atoms with Crippen LogP contribution in [0.5, 0.6) is 0 Å². The van der Waals surface area contributed by atoms with E-state index in [0.717, 1.165) is 17.1 Å². The molecule has 0 aromatic heterocycles. The summed E-state index contributed by atoms with van der Waals surface area (Å²) in [4.78, 5) is 7.68. The molecule has 0 fully saturated rings. The fourth-order valence-corrected chi connectivity index (χ4v) is 12.2. The fraction of sp³-hybridized carbons (Fsp3) is 0.304. The molecular formula is C69H74BN3. The number of rotatable bonds is 5. The molecule has 73 heavy (non-hydrogen) atoms. The van der Waals surface area contributed by atoms with E-state index in [1.807, 2.05) is 0 Å². The minimum atomic E-state index is -0.105. The van der Waals surface area contributed by atoms with Crippen molar-refractivity contribution in [3.8, 4) is 11.1 Å². The van der Waals surface area contributed by atoms with Gasteiger partial charge in [-0.1, -0.05) is 182 Å². The van der Waals surface area contributed by atoms with Crippen LogP contribution in [-0.2, 0) is 27.1 Å². The third-order valence-corrected chi connectivity index (χ3v) is 16.4. The highest BCUT2D eigenvalue weighted by molar-refractivity contribution is 7.00. The summed E-state index contributed by atoms with van der Waals surface area (Å²) in [5.41, 5.74) is 27.8. The van der Waals surface area contributed by atoms with Gasteiger partial charge in [0.1, 0.15) is 0 Å². The van der Waals surface area contributed by atoms with E-state index in [2.05, 4.69) is 283 Å². The number of nitrogens with zero attached hydrogens (tertiary/aromatic N) is 3. The minimum Gasteiger partial charge on any atom is -0.311 e. The minimum absolute atomic E-state index is 0.0188. The number of hydrogen-bond acceptors (Lipinski definition) is 3. The van der Waals surface area contributed by atoms with Crippen LogP contribution in [0.4, 0.5) is 51.2 Å². The summed E-state index contributed by atoms with van der Waals surface area (Å²) in [6.07, 6.45) is 0. The van der Waals surface area contributed by atoms with Crippen LogP contribution in [0.3, 0.4) is 0 Å². The second-order valence-electron chi connectivity index (χ2n) is 26.2. The number of hydrogen-bond donors (Lipinski definition) is 0. The molecule has 3 aliphatic rings. The van der Waals surface area contributed by atoms with Gasteiger partial charge in [0.2, 0.25) is 0 Å². The summed E-state index contributed by atoms with van der Waals surface area (Å²) in [5.74, 6) is 0. The second-order valence-corrected chi connectivity index (χ2v) is 26.2. The smallest absolute Gasteiger partial charge is 0.252 e. The lowest BCUT2D eigenvalue weighted by Gasteiger charge is -2.45. The second kappa shape index (κ2) is 16.6. The summed E-state index contributed by atoms with van der Waals surface area (Å²) in [5, 5.41) is 0. The van der Waals surface area contributed by atoms with Crippen molar-refractivity contribution in [2.45, 2.75) is 138 Å². The van der Waals surface area contributed by atoms with E-state index in [-0.39, 0.29) is 33.8 Å². The summed E-state index contributed by atoms with van der Waals surface area (Å²) in [7, 11) is 0. The standard InChI is InChI=1S/C69H74BN3/c1-43-37-62-64-63(38-43)73(51-31-33-56-54(41-51)53-19-17-18-20-55(53)69(56,15)16)61-42-52(71(49-27-21-45(22-28-49)65(3,4)5)59-35-25-47(39-44(59)2)67(9,10)11)32-34-57(61)70(64)58-40-48(68(12,13)14)26-36-60(58)72(62)50-29-23-46(24-30-50)66(6,7)8/h17-42H,1-16H3. The molecule has 11 rings (SSSR count). The Labute approximate surface area is 438 Å². The monoisotopic (exact) mass is 956 g/mol. The molecule has 4 heteroatoms. The molecule has 0 radical (unpaired) electrons. The van der Waals surface area contributed by atoms with Crippen molar-refractivity contribution in [3.63, 3.8) is 0 Å². The number of benzene rings is 8. The Morgan fingerprint density at radius 3 is 1.55 bits per heavy atom. The van der Waals surface area contributed by atoms with Gasteiger partial charge in [0, 0.05) is 56.6 Å².